The van der Waals surface area contributed by atoms with E-state index in [2.05, 4.69) is 10.5 Å². The maximum Gasteiger partial charge on any atom is 0.131 e. The average Bonchev–Trinajstić information content (AvgIpc) is 2.42. The number of ether oxygens (including phenoxy) is 1. The normalized spacial score (nSPS) is 23.5. The number of nitrogens with zero attached hydrogens (tertiary/aromatic N) is 1. The number of rotatable bonds is 3. The zero-order valence-electron chi connectivity index (χ0n) is 13.2. The predicted octanol–water partition coefficient (Wildman–Crippen LogP) is 3.09. The van der Waals surface area contributed by atoms with Gasteiger partial charge in [0, 0.05) is 11.6 Å². The SMILES string of the molecule is C.CC(=NO)c1ccc2c(c1)[C@@H](NC(C)C)[C@H](O)C(C)(C)O2. The van der Waals surface area contributed by atoms with Crippen LogP contribution in [0.25, 0.3) is 0 Å². The van der Waals surface area contributed by atoms with Crippen LogP contribution >= 0.6 is 0 Å². The molecular weight excluding hydrogens is 280 g/mol. The van der Waals surface area contributed by atoms with Crippen LogP contribution in [-0.2, 0) is 0 Å². The third kappa shape index (κ3) is 3.42. The van der Waals surface area contributed by atoms with Crippen molar-refractivity contribution in [3.05, 3.63) is 29.3 Å². The fourth-order valence-corrected chi connectivity index (χ4v) is 2.62. The third-order valence-corrected chi connectivity index (χ3v) is 3.83. The number of oxime groups is 1. The van der Waals surface area contributed by atoms with Gasteiger partial charge < -0.3 is 20.4 Å². The molecule has 0 aliphatic carbocycles. The first-order valence-electron chi connectivity index (χ1n) is 7.22. The van der Waals surface area contributed by atoms with Gasteiger partial charge in [-0.1, -0.05) is 26.4 Å². The van der Waals surface area contributed by atoms with Crippen LogP contribution in [0.1, 0.15) is 59.2 Å². The minimum absolute atomic E-state index is 0. The van der Waals surface area contributed by atoms with Crippen LogP contribution in [0.5, 0.6) is 5.75 Å². The van der Waals surface area contributed by atoms with E-state index in [-0.39, 0.29) is 19.5 Å². The molecule has 1 aromatic rings. The Morgan fingerprint density at radius 1 is 1.36 bits per heavy atom. The number of aliphatic hydroxyl groups excluding tert-OH is 1. The molecule has 0 saturated heterocycles. The van der Waals surface area contributed by atoms with Crippen LogP contribution < -0.4 is 10.1 Å². The summed E-state index contributed by atoms with van der Waals surface area (Å²) in [6.45, 7) is 9.57. The van der Waals surface area contributed by atoms with Crippen LogP contribution in [0.3, 0.4) is 0 Å². The van der Waals surface area contributed by atoms with Crippen LogP contribution in [0.4, 0.5) is 0 Å². The lowest BCUT2D eigenvalue weighted by atomic mass is 9.85. The van der Waals surface area contributed by atoms with Gasteiger partial charge in [-0.2, -0.15) is 0 Å². The maximum absolute atomic E-state index is 10.6. The summed E-state index contributed by atoms with van der Waals surface area (Å²) in [5, 5.41) is 26.2. The van der Waals surface area contributed by atoms with Crippen LogP contribution in [0.15, 0.2) is 23.4 Å². The molecule has 0 spiro atoms. The van der Waals surface area contributed by atoms with Crippen molar-refractivity contribution in [2.45, 2.75) is 65.8 Å². The summed E-state index contributed by atoms with van der Waals surface area (Å²) in [5.74, 6) is 0.748. The molecule has 0 radical (unpaired) electrons. The molecule has 2 atom stereocenters. The van der Waals surface area contributed by atoms with Gasteiger partial charge in [-0.3, -0.25) is 0 Å². The quantitative estimate of drug-likeness (QED) is 0.456. The summed E-state index contributed by atoms with van der Waals surface area (Å²) < 4.78 is 5.92. The lowest BCUT2D eigenvalue weighted by Crippen LogP contribution is -2.53. The van der Waals surface area contributed by atoms with E-state index in [1.54, 1.807) is 6.92 Å². The molecule has 1 aliphatic heterocycles. The largest absolute Gasteiger partial charge is 0.485 e. The minimum Gasteiger partial charge on any atom is -0.485 e. The van der Waals surface area contributed by atoms with Gasteiger partial charge in [0.1, 0.15) is 17.5 Å². The van der Waals surface area contributed by atoms with Crippen molar-refractivity contribution in [1.82, 2.24) is 5.32 Å². The van der Waals surface area contributed by atoms with Gasteiger partial charge in [0.05, 0.1) is 11.8 Å². The summed E-state index contributed by atoms with van der Waals surface area (Å²) >= 11 is 0. The van der Waals surface area contributed by atoms with E-state index < -0.39 is 11.7 Å². The minimum atomic E-state index is -0.672. The third-order valence-electron chi connectivity index (χ3n) is 3.83. The second-order valence-corrected chi connectivity index (χ2v) is 6.39. The van der Waals surface area contributed by atoms with Gasteiger partial charge in [-0.15, -0.1) is 0 Å². The molecule has 5 nitrogen and oxygen atoms in total. The molecule has 5 heteroatoms. The van der Waals surface area contributed by atoms with Gasteiger partial charge in [-0.25, -0.2) is 0 Å². The average molecular weight is 308 g/mol. The molecule has 1 heterocycles. The summed E-state index contributed by atoms with van der Waals surface area (Å²) in [5.41, 5.74) is 1.56. The molecule has 0 amide bonds. The number of hydrogen-bond donors (Lipinski definition) is 3. The van der Waals surface area contributed by atoms with E-state index in [4.69, 9.17) is 9.94 Å². The van der Waals surface area contributed by atoms with Crippen molar-refractivity contribution in [1.29, 1.82) is 0 Å². The van der Waals surface area contributed by atoms with Crippen molar-refractivity contribution in [3.63, 3.8) is 0 Å². The van der Waals surface area contributed by atoms with E-state index >= 15 is 0 Å². The number of hydrogen-bond acceptors (Lipinski definition) is 5. The molecule has 0 unspecified atom stereocenters. The first kappa shape index (κ1) is 18.5. The highest BCUT2D eigenvalue weighted by Crippen LogP contribution is 2.40. The Kier molecular flexibility index (Phi) is 5.59. The highest BCUT2D eigenvalue weighted by Gasteiger charge is 2.43. The highest BCUT2D eigenvalue weighted by atomic mass is 16.5. The van der Waals surface area contributed by atoms with Gasteiger partial charge >= 0.3 is 0 Å². The van der Waals surface area contributed by atoms with Crippen molar-refractivity contribution in [2.24, 2.45) is 5.16 Å². The number of aliphatic hydroxyl groups is 1. The van der Waals surface area contributed by atoms with E-state index in [1.165, 1.54) is 0 Å². The first-order chi connectivity index (χ1) is 9.76. The number of nitrogens with one attached hydrogen (secondary N) is 1. The van der Waals surface area contributed by atoms with E-state index in [9.17, 15) is 5.11 Å². The van der Waals surface area contributed by atoms with E-state index in [1.807, 2.05) is 45.9 Å². The van der Waals surface area contributed by atoms with E-state index in [0.29, 0.717) is 5.71 Å². The second kappa shape index (κ2) is 6.67. The fourth-order valence-electron chi connectivity index (χ4n) is 2.62. The second-order valence-electron chi connectivity index (χ2n) is 6.39. The van der Waals surface area contributed by atoms with Gasteiger partial charge in [0.2, 0.25) is 0 Å². The molecule has 1 aromatic carbocycles. The Bertz CT molecular complexity index is 553. The smallest absolute Gasteiger partial charge is 0.131 e. The van der Waals surface area contributed by atoms with Crippen molar-refractivity contribution in [2.75, 3.05) is 0 Å². The maximum atomic E-state index is 10.6. The van der Waals surface area contributed by atoms with Gasteiger partial charge in [0.15, 0.2) is 0 Å². The fraction of sp³-hybridized carbons (Fsp3) is 0.588. The molecule has 124 valence electrons. The molecule has 0 fully saturated rings. The zero-order valence-corrected chi connectivity index (χ0v) is 13.2. The molecule has 0 saturated carbocycles. The summed E-state index contributed by atoms with van der Waals surface area (Å²) in [7, 11) is 0. The molecule has 3 N–H and O–H groups in total. The molecular formula is C17H28N2O3. The monoisotopic (exact) mass is 308 g/mol. The Labute approximate surface area is 133 Å². The Morgan fingerprint density at radius 3 is 2.55 bits per heavy atom. The van der Waals surface area contributed by atoms with Crippen LogP contribution in [0.2, 0.25) is 0 Å². The predicted molar refractivity (Wildman–Crippen MR) is 88.9 cm³/mol. The van der Waals surface area contributed by atoms with Crippen molar-refractivity contribution >= 4 is 5.71 Å². The van der Waals surface area contributed by atoms with Crippen LogP contribution in [-0.4, -0.2) is 33.8 Å². The Morgan fingerprint density at radius 2 is 2.00 bits per heavy atom. The lowest BCUT2D eigenvalue weighted by Gasteiger charge is -2.43. The molecule has 0 bridgehead atoms. The topological polar surface area (TPSA) is 74.1 Å². The summed E-state index contributed by atoms with van der Waals surface area (Å²) in [6, 6.07) is 5.62. The number of benzene rings is 1. The van der Waals surface area contributed by atoms with Crippen LogP contribution in [0, 0.1) is 0 Å². The Hall–Kier alpha value is -1.59. The van der Waals surface area contributed by atoms with Gasteiger partial charge in [-0.05, 0) is 44.5 Å². The number of fused-ring (bicyclic) bond motifs is 1. The van der Waals surface area contributed by atoms with Crippen molar-refractivity contribution < 1.29 is 15.1 Å². The molecule has 1 aliphatic rings. The molecule has 2 rings (SSSR count). The van der Waals surface area contributed by atoms with E-state index in [0.717, 1.165) is 16.9 Å². The highest BCUT2D eigenvalue weighted by molar-refractivity contribution is 5.98. The lowest BCUT2D eigenvalue weighted by molar-refractivity contribution is -0.0658. The van der Waals surface area contributed by atoms with Gasteiger partial charge in [0.25, 0.3) is 0 Å². The standard InChI is InChI=1S/C16H24N2O3.CH4/c1-9(2)17-14-12-8-11(10(3)18-20)6-7-13(12)21-16(4,5)15(14)19;/h6-9,14-15,17,19-20H,1-5H3;1H4/t14-,15+;/m1./s1. The zero-order chi connectivity index (χ0) is 15.8. The summed E-state index contributed by atoms with van der Waals surface area (Å²) in [4.78, 5) is 0. The first-order valence-corrected chi connectivity index (χ1v) is 7.22. The molecule has 22 heavy (non-hydrogen) atoms. The Balaban J connectivity index is 0.00000242. The van der Waals surface area contributed by atoms with Crippen molar-refractivity contribution in [3.8, 4) is 5.75 Å². The molecule has 0 aromatic heterocycles. The summed E-state index contributed by atoms with van der Waals surface area (Å²) in [6.07, 6.45) is -0.672.